The molecule has 2 N–H and O–H groups in total. The number of rotatable bonds is 6. The van der Waals surface area contributed by atoms with Gasteiger partial charge >= 0.3 is 0 Å². The van der Waals surface area contributed by atoms with Crippen LogP contribution in [0.2, 0.25) is 0 Å². The zero-order chi connectivity index (χ0) is 31.8. The molecule has 3 aliphatic rings. The minimum atomic E-state index is -0.369. The Bertz CT molecular complexity index is 1500. The second-order valence-corrected chi connectivity index (χ2v) is 10.9. The number of aryl methyl sites for hydroxylation is 1. The number of ether oxygens (including phenoxy) is 6. The SMILES string of the molecule is COc1cc2ccc1CNC(=O)CCc1ccc(OC)c(c1)OCC(=O)N[C@@H]1CN(Cc3nccc(OC)c3OC)CC[C@@H]1O2. The Hall–Kier alpha value is -4.71. The lowest BCUT2D eigenvalue weighted by atomic mass is 10.0. The maximum atomic E-state index is 13.3. The fourth-order valence-electron chi connectivity index (χ4n) is 5.64. The predicted octanol–water partition coefficient (Wildman–Crippen LogP) is 2.90. The molecule has 0 unspecified atom stereocenters. The van der Waals surface area contributed by atoms with Crippen LogP contribution in [-0.2, 0) is 29.1 Å². The van der Waals surface area contributed by atoms with Crippen LogP contribution in [0.15, 0.2) is 48.7 Å². The van der Waals surface area contributed by atoms with Gasteiger partial charge in [0.15, 0.2) is 29.6 Å². The Morgan fingerprint density at radius 2 is 1.73 bits per heavy atom. The first-order valence-electron chi connectivity index (χ1n) is 14.9. The Balaban J connectivity index is 1.41. The monoisotopic (exact) mass is 620 g/mol. The van der Waals surface area contributed by atoms with Gasteiger partial charge < -0.3 is 39.1 Å². The van der Waals surface area contributed by atoms with Gasteiger partial charge in [0.25, 0.3) is 5.91 Å². The molecule has 2 amide bonds. The fraction of sp³-hybridized carbons (Fsp3) is 0.424. The summed E-state index contributed by atoms with van der Waals surface area (Å²) >= 11 is 0. The lowest BCUT2D eigenvalue weighted by Gasteiger charge is -2.38. The topological polar surface area (TPSA) is 130 Å². The minimum Gasteiger partial charge on any atom is -0.496 e. The van der Waals surface area contributed by atoms with Crippen LogP contribution >= 0.6 is 0 Å². The van der Waals surface area contributed by atoms with E-state index >= 15 is 0 Å². The van der Waals surface area contributed by atoms with Crippen molar-refractivity contribution in [2.45, 2.75) is 44.5 Å². The summed E-state index contributed by atoms with van der Waals surface area (Å²) in [5.41, 5.74) is 2.45. The third kappa shape index (κ3) is 7.88. The highest BCUT2D eigenvalue weighted by molar-refractivity contribution is 5.78. The van der Waals surface area contributed by atoms with Gasteiger partial charge in [-0.25, -0.2) is 0 Å². The summed E-state index contributed by atoms with van der Waals surface area (Å²) in [4.78, 5) is 32.7. The third-order valence-electron chi connectivity index (χ3n) is 7.97. The second kappa shape index (κ2) is 14.8. The number of piperidine rings is 1. The summed E-state index contributed by atoms with van der Waals surface area (Å²) in [6.45, 7) is 1.78. The van der Waals surface area contributed by atoms with Gasteiger partial charge in [0.1, 0.15) is 23.3 Å². The van der Waals surface area contributed by atoms with E-state index in [0.29, 0.717) is 73.5 Å². The number of hydrogen-bond donors (Lipinski definition) is 2. The number of nitrogens with zero attached hydrogens (tertiary/aromatic N) is 2. The molecule has 1 saturated heterocycles. The zero-order valence-electron chi connectivity index (χ0n) is 26.1. The van der Waals surface area contributed by atoms with E-state index in [1.807, 2.05) is 24.3 Å². The molecule has 45 heavy (non-hydrogen) atoms. The molecule has 0 saturated carbocycles. The van der Waals surface area contributed by atoms with Gasteiger partial charge in [-0.3, -0.25) is 19.5 Å². The number of pyridine rings is 1. The van der Waals surface area contributed by atoms with Crippen molar-refractivity contribution in [1.82, 2.24) is 20.5 Å². The number of likely N-dealkylation sites (tertiary alicyclic amines) is 1. The highest BCUT2D eigenvalue weighted by Crippen LogP contribution is 2.32. The number of benzene rings is 2. The first kappa shape index (κ1) is 31.7. The molecule has 6 rings (SSSR count). The van der Waals surface area contributed by atoms with Gasteiger partial charge in [-0.1, -0.05) is 6.07 Å². The van der Waals surface area contributed by atoms with Crippen LogP contribution in [0.1, 0.15) is 29.7 Å². The van der Waals surface area contributed by atoms with E-state index in [4.69, 9.17) is 28.4 Å². The number of carbonyl (C=O) groups is 2. The molecule has 0 spiro atoms. The lowest BCUT2D eigenvalue weighted by molar-refractivity contribution is -0.125. The van der Waals surface area contributed by atoms with Crippen molar-refractivity contribution in [3.8, 4) is 34.5 Å². The Morgan fingerprint density at radius 3 is 2.51 bits per heavy atom. The average molecular weight is 621 g/mol. The smallest absolute Gasteiger partial charge is 0.258 e. The summed E-state index contributed by atoms with van der Waals surface area (Å²) in [7, 11) is 6.31. The Labute approximate surface area is 262 Å². The van der Waals surface area contributed by atoms with E-state index < -0.39 is 0 Å². The minimum absolute atomic E-state index is 0.0932. The molecule has 3 aromatic rings. The molecular formula is C33H40N4O8. The normalized spacial score (nSPS) is 19.3. The summed E-state index contributed by atoms with van der Waals surface area (Å²) < 4.78 is 34.5. The molecule has 12 heteroatoms. The summed E-state index contributed by atoms with van der Waals surface area (Å²) in [5, 5.41) is 6.11. The van der Waals surface area contributed by atoms with E-state index in [9.17, 15) is 9.59 Å². The molecule has 2 atom stereocenters. The number of nitrogens with one attached hydrogen (secondary N) is 2. The van der Waals surface area contributed by atoms with E-state index in [2.05, 4.69) is 20.5 Å². The maximum Gasteiger partial charge on any atom is 0.258 e. The Kier molecular flexibility index (Phi) is 10.5. The first-order valence-corrected chi connectivity index (χ1v) is 14.9. The zero-order valence-corrected chi connectivity index (χ0v) is 26.1. The van der Waals surface area contributed by atoms with Gasteiger partial charge in [0, 0.05) is 56.5 Å². The number of amides is 2. The molecule has 3 aliphatic heterocycles. The van der Waals surface area contributed by atoms with Crippen molar-refractivity contribution >= 4 is 11.8 Å². The molecule has 1 fully saturated rings. The number of hydrogen-bond acceptors (Lipinski definition) is 10. The number of fused-ring (bicyclic) bond motifs is 9. The van der Waals surface area contributed by atoms with Crippen LogP contribution in [0.25, 0.3) is 0 Å². The maximum absolute atomic E-state index is 13.3. The van der Waals surface area contributed by atoms with Crippen molar-refractivity contribution in [3.63, 3.8) is 0 Å². The van der Waals surface area contributed by atoms with Crippen LogP contribution in [-0.4, -0.2) is 82.0 Å². The Morgan fingerprint density at radius 1 is 0.911 bits per heavy atom. The molecular weight excluding hydrogens is 580 g/mol. The number of carbonyl (C=O) groups excluding carboxylic acids is 2. The van der Waals surface area contributed by atoms with Crippen LogP contribution in [0, 0.1) is 0 Å². The highest BCUT2D eigenvalue weighted by Gasteiger charge is 2.33. The highest BCUT2D eigenvalue weighted by atomic mass is 16.5. The van der Waals surface area contributed by atoms with Crippen molar-refractivity contribution in [3.05, 3.63) is 65.5 Å². The molecule has 1 aromatic heterocycles. The summed E-state index contributed by atoms with van der Waals surface area (Å²) in [5.74, 6) is 2.93. The van der Waals surface area contributed by atoms with Crippen LogP contribution in [0.4, 0.5) is 0 Å². The lowest BCUT2D eigenvalue weighted by Crippen LogP contribution is -2.57. The van der Waals surface area contributed by atoms with Crippen molar-refractivity contribution in [2.24, 2.45) is 0 Å². The van der Waals surface area contributed by atoms with Gasteiger partial charge in [0.2, 0.25) is 5.91 Å². The summed E-state index contributed by atoms with van der Waals surface area (Å²) in [6.07, 6.45) is 2.77. The molecule has 4 heterocycles. The van der Waals surface area contributed by atoms with Gasteiger partial charge in [-0.2, -0.15) is 0 Å². The predicted molar refractivity (Wildman–Crippen MR) is 165 cm³/mol. The molecule has 240 valence electrons. The van der Waals surface area contributed by atoms with E-state index in [1.54, 1.807) is 52.8 Å². The van der Waals surface area contributed by atoms with Crippen molar-refractivity contribution in [2.75, 3.05) is 48.1 Å². The molecule has 12 nitrogen and oxygen atoms in total. The third-order valence-corrected chi connectivity index (χ3v) is 7.97. The number of aromatic nitrogens is 1. The quantitative estimate of drug-likeness (QED) is 0.425. The second-order valence-electron chi connectivity index (χ2n) is 10.9. The van der Waals surface area contributed by atoms with Crippen molar-refractivity contribution in [1.29, 1.82) is 0 Å². The first-order chi connectivity index (χ1) is 21.9. The summed E-state index contributed by atoms with van der Waals surface area (Å²) in [6, 6.07) is 12.4. The average Bonchev–Trinajstić information content (AvgIpc) is 3.06. The van der Waals surface area contributed by atoms with Gasteiger partial charge in [-0.05, 0) is 42.7 Å². The van der Waals surface area contributed by atoms with Gasteiger partial charge in [0.05, 0.1) is 34.5 Å². The molecule has 0 radical (unpaired) electrons. The van der Waals surface area contributed by atoms with Crippen LogP contribution < -0.4 is 39.1 Å². The van der Waals surface area contributed by atoms with Crippen LogP contribution in [0.5, 0.6) is 34.5 Å². The standard InChI is InChI=1S/C33H40N4O8/c1-40-27-9-5-21-6-10-31(38)35-17-22-7-8-23(16-29(22)42-3)45-26-12-14-37(18-24(26)36-32(39)20-44-30(27)15-21)19-25-33(43-4)28(41-2)11-13-34-25/h5,7-9,11,13,15-16,24,26H,6,10,12,14,17-20H2,1-4H3,(H,35,38)(H,36,39)/t24-,26+/m1/s1. The van der Waals surface area contributed by atoms with Crippen LogP contribution in [0.3, 0.4) is 0 Å². The van der Waals surface area contributed by atoms with Gasteiger partial charge in [-0.15, -0.1) is 0 Å². The molecule has 2 aromatic carbocycles. The molecule has 4 bridgehead atoms. The largest absolute Gasteiger partial charge is 0.496 e. The van der Waals surface area contributed by atoms with E-state index in [0.717, 1.165) is 16.8 Å². The number of methoxy groups -OCH3 is 4. The van der Waals surface area contributed by atoms with E-state index in [-0.39, 0.29) is 37.0 Å². The van der Waals surface area contributed by atoms with Crippen molar-refractivity contribution < 1.29 is 38.0 Å². The van der Waals surface area contributed by atoms with E-state index in [1.165, 1.54) is 0 Å². The fourth-order valence-corrected chi connectivity index (χ4v) is 5.64. The molecule has 0 aliphatic carbocycles.